The fraction of sp³-hybridized carbons (Fsp3) is 0.444. The lowest BCUT2D eigenvalue weighted by Crippen LogP contribution is -2.30. The second-order valence-electron chi connectivity index (χ2n) is 3.41. The molecule has 96 valence electrons. The summed E-state index contributed by atoms with van der Waals surface area (Å²) in [7, 11) is -2.95. The molecule has 0 saturated carbocycles. The molecule has 1 aromatic rings. The van der Waals surface area contributed by atoms with Crippen LogP contribution in [0.1, 0.15) is 16.1 Å². The maximum absolute atomic E-state index is 11.3. The number of nitrogen functional groups attached to an aromatic ring is 1. The molecular weight excluding hydrogens is 264 g/mol. The number of rotatable bonds is 6. The van der Waals surface area contributed by atoms with Crippen molar-refractivity contribution in [3.05, 3.63) is 23.7 Å². The van der Waals surface area contributed by atoms with E-state index in [1.807, 2.05) is 5.43 Å². The fourth-order valence-corrected chi connectivity index (χ4v) is 3.34. The van der Waals surface area contributed by atoms with Crippen molar-refractivity contribution >= 4 is 27.5 Å². The normalized spacial score (nSPS) is 11.4. The first-order chi connectivity index (χ1) is 7.94. The van der Waals surface area contributed by atoms with Crippen LogP contribution in [0.15, 0.2) is 16.7 Å². The molecule has 0 atom stereocenters. The smallest absolute Gasteiger partial charge is 0.268 e. The summed E-state index contributed by atoms with van der Waals surface area (Å²) in [6, 6.07) is 1.52. The predicted molar refractivity (Wildman–Crippen MR) is 66.2 cm³/mol. The van der Waals surface area contributed by atoms with Gasteiger partial charge in [0, 0.05) is 12.0 Å². The summed E-state index contributed by atoms with van der Waals surface area (Å²) in [5.41, 5.74) is 2.39. The summed E-state index contributed by atoms with van der Waals surface area (Å²) in [6.45, 7) is 0. The van der Waals surface area contributed by atoms with Gasteiger partial charge in [-0.2, -0.15) is 11.8 Å². The first-order valence-corrected chi connectivity index (χ1v) is 7.98. The monoisotopic (exact) mass is 278 g/mol. The van der Waals surface area contributed by atoms with Crippen LogP contribution in [-0.4, -0.2) is 32.1 Å². The van der Waals surface area contributed by atoms with Crippen molar-refractivity contribution in [1.29, 1.82) is 0 Å². The molecule has 0 aliphatic carbocycles. The van der Waals surface area contributed by atoms with Crippen molar-refractivity contribution in [3.63, 3.8) is 0 Å². The van der Waals surface area contributed by atoms with Crippen molar-refractivity contribution in [2.75, 3.05) is 17.8 Å². The van der Waals surface area contributed by atoms with Crippen molar-refractivity contribution in [2.45, 2.75) is 5.75 Å². The second-order valence-corrected chi connectivity index (χ2v) is 6.78. The Morgan fingerprint density at radius 1 is 1.59 bits per heavy atom. The highest BCUT2D eigenvalue weighted by molar-refractivity contribution is 7.99. The molecule has 1 rings (SSSR count). The van der Waals surface area contributed by atoms with Gasteiger partial charge in [-0.25, -0.2) is 14.3 Å². The minimum Gasteiger partial charge on any atom is -0.468 e. The SMILES string of the molecule is CS(=O)(=O)CCSCc1occc1C(=O)NN. The quantitative estimate of drug-likeness (QED) is 0.332. The molecule has 0 spiro atoms. The van der Waals surface area contributed by atoms with Crippen LogP contribution in [0.5, 0.6) is 0 Å². The highest BCUT2D eigenvalue weighted by Gasteiger charge is 2.13. The second kappa shape index (κ2) is 6.08. The zero-order chi connectivity index (χ0) is 12.9. The van der Waals surface area contributed by atoms with E-state index in [0.29, 0.717) is 22.8 Å². The average Bonchev–Trinajstić information content (AvgIpc) is 2.70. The first-order valence-electron chi connectivity index (χ1n) is 4.77. The summed E-state index contributed by atoms with van der Waals surface area (Å²) in [5.74, 6) is 6.10. The van der Waals surface area contributed by atoms with Gasteiger partial charge in [-0.1, -0.05) is 0 Å². The van der Waals surface area contributed by atoms with Crippen LogP contribution in [0.3, 0.4) is 0 Å². The summed E-state index contributed by atoms with van der Waals surface area (Å²) in [5, 5.41) is 0. The Morgan fingerprint density at radius 2 is 2.29 bits per heavy atom. The summed E-state index contributed by atoms with van der Waals surface area (Å²) < 4.78 is 26.9. The molecule has 6 nitrogen and oxygen atoms in total. The Kier molecular flexibility index (Phi) is 5.03. The van der Waals surface area contributed by atoms with E-state index in [9.17, 15) is 13.2 Å². The minimum atomic E-state index is -2.95. The maximum atomic E-state index is 11.3. The third-order valence-corrected chi connectivity index (χ3v) is 4.12. The van der Waals surface area contributed by atoms with Crippen molar-refractivity contribution < 1.29 is 17.6 Å². The third kappa shape index (κ3) is 4.80. The van der Waals surface area contributed by atoms with Crippen LogP contribution in [0.25, 0.3) is 0 Å². The molecule has 0 unspecified atom stereocenters. The number of hydrogen-bond acceptors (Lipinski definition) is 6. The van der Waals surface area contributed by atoms with E-state index < -0.39 is 15.7 Å². The van der Waals surface area contributed by atoms with Gasteiger partial charge >= 0.3 is 0 Å². The molecule has 0 bridgehead atoms. The number of nitrogens with one attached hydrogen (secondary N) is 1. The molecule has 17 heavy (non-hydrogen) atoms. The van der Waals surface area contributed by atoms with Crippen molar-refractivity contribution in [2.24, 2.45) is 5.84 Å². The minimum absolute atomic E-state index is 0.108. The molecule has 0 radical (unpaired) electrons. The molecule has 8 heteroatoms. The number of furan rings is 1. The number of amides is 1. The Balaban J connectivity index is 2.47. The van der Waals surface area contributed by atoms with Crippen LogP contribution in [0.2, 0.25) is 0 Å². The standard InChI is InChI=1S/C9H14N2O4S2/c1-17(13,14)5-4-16-6-8-7(2-3-15-8)9(12)11-10/h2-3H,4-6,10H2,1H3,(H,11,12). The Hall–Kier alpha value is -0.990. The zero-order valence-corrected chi connectivity index (χ0v) is 10.9. The van der Waals surface area contributed by atoms with Crippen molar-refractivity contribution in [3.8, 4) is 0 Å². The van der Waals surface area contributed by atoms with E-state index >= 15 is 0 Å². The number of carbonyl (C=O) groups excluding carboxylic acids is 1. The van der Waals surface area contributed by atoms with E-state index in [1.54, 1.807) is 0 Å². The number of carbonyl (C=O) groups is 1. The number of nitrogens with two attached hydrogens (primary N) is 1. The van der Waals surface area contributed by atoms with Gasteiger partial charge < -0.3 is 4.42 Å². The molecule has 0 aliphatic heterocycles. The molecule has 0 saturated heterocycles. The lowest BCUT2D eigenvalue weighted by molar-refractivity contribution is 0.0952. The van der Waals surface area contributed by atoms with E-state index in [2.05, 4.69) is 0 Å². The Labute approximate surface area is 104 Å². The van der Waals surface area contributed by atoms with E-state index in [1.165, 1.54) is 30.3 Å². The zero-order valence-electron chi connectivity index (χ0n) is 9.30. The van der Waals surface area contributed by atoms with E-state index in [-0.39, 0.29) is 5.75 Å². The van der Waals surface area contributed by atoms with E-state index in [0.717, 1.165) is 0 Å². The van der Waals surface area contributed by atoms with Gasteiger partial charge in [0.15, 0.2) is 0 Å². The van der Waals surface area contributed by atoms with Crippen LogP contribution in [0, 0.1) is 0 Å². The molecule has 0 fully saturated rings. The maximum Gasteiger partial charge on any atom is 0.268 e. The summed E-state index contributed by atoms with van der Waals surface area (Å²) in [4.78, 5) is 11.3. The Morgan fingerprint density at radius 3 is 2.88 bits per heavy atom. The van der Waals surface area contributed by atoms with Gasteiger partial charge in [-0.05, 0) is 6.07 Å². The Bertz CT molecular complexity index is 481. The fourth-order valence-electron chi connectivity index (χ4n) is 1.11. The molecule has 3 N–H and O–H groups in total. The highest BCUT2D eigenvalue weighted by Crippen LogP contribution is 2.17. The molecule has 0 aliphatic rings. The van der Waals surface area contributed by atoms with Gasteiger partial charge in [0.25, 0.3) is 5.91 Å². The molecular formula is C9H14N2O4S2. The lowest BCUT2D eigenvalue weighted by Gasteiger charge is -2.01. The summed E-state index contributed by atoms with van der Waals surface area (Å²) >= 11 is 1.39. The number of thioether (sulfide) groups is 1. The topological polar surface area (TPSA) is 102 Å². The van der Waals surface area contributed by atoms with Crippen LogP contribution < -0.4 is 11.3 Å². The van der Waals surface area contributed by atoms with Gasteiger partial charge in [0.2, 0.25) is 0 Å². The van der Waals surface area contributed by atoms with Gasteiger partial charge in [-0.15, -0.1) is 0 Å². The van der Waals surface area contributed by atoms with Gasteiger partial charge in [-0.3, -0.25) is 10.2 Å². The molecule has 1 amide bonds. The highest BCUT2D eigenvalue weighted by atomic mass is 32.2. The van der Waals surface area contributed by atoms with E-state index in [4.69, 9.17) is 10.3 Å². The lowest BCUT2D eigenvalue weighted by atomic mass is 10.2. The van der Waals surface area contributed by atoms with Crippen molar-refractivity contribution in [1.82, 2.24) is 5.43 Å². The van der Waals surface area contributed by atoms with Crippen LogP contribution in [-0.2, 0) is 15.6 Å². The molecule has 1 heterocycles. The van der Waals surface area contributed by atoms with Gasteiger partial charge in [0.1, 0.15) is 15.6 Å². The van der Waals surface area contributed by atoms with Crippen LogP contribution >= 0.6 is 11.8 Å². The number of sulfone groups is 1. The average molecular weight is 278 g/mol. The number of hydrazine groups is 1. The third-order valence-electron chi connectivity index (χ3n) is 1.95. The largest absolute Gasteiger partial charge is 0.468 e. The van der Waals surface area contributed by atoms with Crippen LogP contribution in [0.4, 0.5) is 0 Å². The summed E-state index contributed by atoms with van der Waals surface area (Å²) in [6.07, 6.45) is 2.59. The molecule has 0 aromatic carbocycles. The van der Waals surface area contributed by atoms with Gasteiger partial charge in [0.05, 0.1) is 23.3 Å². The number of hydrogen-bond donors (Lipinski definition) is 2. The molecule has 1 aromatic heterocycles. The predicted octanol–water partition coefficient (Wildman–Crippen LogP) is 0.161. The first kappa shape index (κ1) is 14.1.